The van der Waals surface area contributed by atoms with Gasteiger partial charge in [0.25, 0.3) is 0 Å². The van der Waals surface area contributed by atoms with Crippen molar-refractivity contribution in [2.75, 3.05) is 19.8 Å². The molecule has 0 unspecified atom stereocenters. The molecule has 0 spiro atoms. The van der Waals surface area contributed by atoms with Gasteiger partial charge in [-0.3, -0.25) is 4.79 Å². The van der Waals surface area contributed by atoms with E-state index < -0.39 is 0 Å². The fourth-order valence-corrected chi connectivity index (χ4v) is 1.21. The second-order valence-electron chi connectivity index (χ2n) is 4.73. The van der Waals surface area contributed by atoms with E-state index in [9.17, 15) is 4.79 Å². The third kappa shape index (κ3) is 11.5. The average Bonchev–Trinajstić information content (AvgIpc) is 2.13. The molecule has 0 saturated carbocycles. The van der Waals surface area contributed by atoms with Crippen LogP contribution in [-0.4, -0.2) is 36.5 Å². The molecule has 16 heavy (non-hydrogen) atoms. The van der Waals surface area contributed by atoms with Crippen LogP contribution in [0.5, 0.6) is 0 Å². The van der Waals surface area contributed by atoms with Crippen molar-refractivity contribution < 1.29 is 19.4 Å². The molecular formula is C12H24O4. The van der Waals surface area contributed by atoms with Crippen molar-refractivity contribution in [3.8, 4) is 0 Å². The molecule has 0 atom stereocenters. The summed E-state index contributed by atoms with van der Waals surface area (Å²) >= 11 is 0. The second kappa shape index (κ2) is 8.53. The minimum atomic E-state index is -0.388. The molecule has 0 fully saturated rings. The fraction of sp³-hybridized carbons (Fsp3) is 0.917. The van der Waals surface area contributed by atoms with Crippen LogP contribution in [0.2, 0.25) is 0 Å². The SMILES string of the molecule is CC(C)(C)OC(=O)CCCCCOCCO. The molecule has 4 heteroatoms. The molecule has 0 aliphatic heterocycles. The molecule has 0 aromatic rings. The molecule has 96 valence electrons. The molecule has 1 N–H and O–H groups in total. The minimum absolute atomic E-state index is 0.0674. The Morgan fingerprint density at radius 2 is 1.81 bits per heavy atom. The smallest absolute Gasteiger partial charge is 0.306 e. The highest BCUT2D eigenvalue weighted by Crippen LogP contribution is 2.10. The lowest BCUT2D eigenvalue weighted by Crippen LogP contribution is -2.23. The highest BCUT2D eigenvalue weighted by atomic mass is 16.6. The summed E-state index contributed by atoms with van der Waals surface area (Å²) in [6.07, 6.45) is 3.17. The molecule has 0 rings (SSSR count). The molecule has 0 bridgehead atoms. The number of aliphatic hydroxyl groups excluding tert-OH is 1. The summed E-state index contributed by atoms with van der Waals surface area (Å²) in [6.45, 7) is 6.72. The number of hydrogen-bond donors (Lipinski definition) is 1. The predicted molar refractivity (Wildman–Crippen MR) is 62.2 cm³/mol. The van der Waals surface area contributed by atoms with Crippen LogP contribution in [0.3, 0.4) is 0 Å². The van der Waals surface area contributed by atoms with Crippen LogP contribution in [-0.2, 0) is 14.3 Å². The third-order valence-electron chi connectivity index (χ3n) is 1.83. The zero-order chi connectivity index (χ0) is 12.4. The Hall–Kier alpha value is -0.610. The molecule has 0 heterocycles. The predicted octanol–water partition coefficient (Wildman–Crippen LogP) is 1.90. The first kappa shape index (κ1) is 15.4. The first-order valence-electron chi connectivity index (χ1n) is 5.86. The number of ether oxygens (including phenoxy) is 2. The van der Waals surface area contributed by atoms with E-state index in [-0.39, 0.29) is 18.2 Å². The molecule has 0 aliphatic rings. The maximum absolute atomic E-state index is 11.3. The molecule has 0 aliphatic carbocycles. The van der Waals surface area contributed by atoms with Gasteiger partial charge < -0.3 is 14.6 Å². The normalized spacial score (nSPS) is 11.5. The summed E-state index contributed by atoms with van der Waals surface area (Å²) in [4.78, 5) is 11.3. The molecule has 0 amide bonds. The lowest BCUT2D eigenvalue weighted by atomic mass is 10.1. The van der Waals surface area contributed by atoms with Gasteiger partial charge in [0.05, 0.1) is 13.2 Å². The molecule has 4 nitrogen and oxygen atoms in total. The van der Waals surface area contributed by atoms with Gasteiger partial charge in [0.2, 0.25) is 0 Å². The van der Waals surface area contributed by atoms with E-state index in [1.54, 1.807) is 0 Å². The van der Waals surface area contributed by atoms with Crippen molar-refractivity contribution in [1.29, 1.82) is 0 Å². The van der Waals surface area contributed by atoms with Crippen LogP contribution < -0.4 is 0 Å². The molecule has 0 radical (unpaired) electrons. The van der Waals surface area contributed by atoms with Gasteiger partial charge in [-0.05, 0) is 33.6 Å². The Morgan fingerprint density at radius 3 is 2.38 bits per heavy atom. The zero-order valence-corrected chi connectivity index (χ0v) is 10.6. The van der Waals surface area contributed by atoms with Crippen LogP contribution in [0, 0.1) is 0 Å². The van der Waals surface area contributed by atoms with E-state index in [0.717, 1.165) is 19.3 Å². The maximum Gasteiger partial charge on any atom is 0.306 e. The van der Waals surface area contributed by atoms with E-state index >= 15 is 0 Å². The van der Waals surface area contributed by atoms with Gasteiger partial charge in [-0.25, -0.2) is 0 Å². The fourth-order valence-electron chi connectivity index (χ4n) is 1.21. The van der Waals surface area contributed by atoms with Gasteiger partial charge in [0, 0.05) is 13.0 Å². The van der Waals surface area contributed by atoms with Crippen LogP contribution in [0.15, 0.2) is 0 Å². The summed E-state index contributed by atoms with van der Waals surface area (Å²) < 4.78 is 10.3. The third-order valence-corrected chi connectivity index (χ3v) is 1.83. The van der Waals surface area contributed by atoms with Crippen molar-refractivity contribution >= 4 is 5.97 Å². The van der Waals surface area contributed by atoms with Gasteiger partial charge in [0.1, 0.15) is 5.60 Å². The number of rotatable bonds is 8. The lowest BCUT2D eigenvalue weighted by molar-refractivity contribution is -0.154. The first-order chi connectivity index (χ1) is 7.45. The number of esters is 1. The minimum Gasteiger partial charge on any atom is -0.460 e. The first-order valence-corrected chi connectivity index (χ1v) is 5.86. The lowest BCUT2D eigenvalue weighted by Gasteiger charge is -2.19. The van der Waals surface area contributed by atoms with E-state index in [1.165, 1.54) is 0 Å². The molecule has 0 aromatic heterocycles. The number of unbranched alkanes of at least 4 members (excludes halogenated alkanes) is 2. The monoisotopic (exact) mass is 232 g/mol. The van der Waals surface area contributed by atoms with Gasteiger partial charge in [0.15, 0.2) is 0 Å². The number of hydrogen-bond acceptors (Lipinski definition) is 4. The van der Waals surface area contributed by atoms with E-state index in [0.29, 0.717) is 19.6 Å². The van der Waals surface area contributed by atoms with E-state index in [2.05, 4.69) is 0 Å². The number of carbonyl (C=O) groups excluding carboxylic acids is 1. The van der Waals surface area contributed by atoms with Crippen LogP contribution in [0.25, 0.3) is 0 Å². The topological polar surface area (TPSA) is 55.8 Å². The molecule has 0 saturated heterocycles. The summed E-state index contributed by atoms with van der Waals surface area (Å²) in [5, 5.41) is 8.46. The van der Waals surface area contributed by atoms with E-state index in [4.69, 9.17) is 14.6 Å². The van der Waals surface area contributed by atoms with Crippen molar-refractivity contribution in [1.82, 2.24) is 0 Å². The standard InChI is InChI=1S/C12H24O4/c1-12(2,3)16-11(14)7-5-4-6-9-15-10-8-13/h13H,4-10H2,1-3H3. The number of aliphatic hydroxyl groups is 1. The summed E-state index contributed by atoms with van der Waals surface area (Å²) in [5.74, 6) is -0.135. The van der Waals surface area contributed by atoms with Crippen molar-refractivity contribution in [3.05, 3.63) is 0 Å². The van der Waals surface area contributed by atoms with Gasteiger partial charge in [-0.15, -0.1) is 0 Å². The zero-order valence-electron chi connectivity index (χ0n) is 10.6. The van der Waals surface area contributed by atoms with E-state index in [1.807, 2.05) is 20.8 Å². The summed E-state index contributed by atoms with van der Waals surface area (Å²) in [6, 6.07) is 0. The molecular weight excluding hydrogens is 208 g/mol. The Labute approximate surface area is 97.9 Å². The van der Waals surface area contributed by atoms with Gasteiger partial charge >= 0.3 is 5.97 Å². The Kier molecular flexibility index (Phi) is 8.21. The highest BCUT2D eigenvalue weighted by Gasteiger charge is 2.15. The van der Waals surface area contributed by atoms with Crippen molar-refractivity contribution in [2.45, 2.75) is 52.1 Å². The van der Waals surface area contributed by atoms with Crippen LogP contribution >= 0.6 is 0 Å². The van der Waals surface area contributed by atoms with Crippen LogP contribution in [0.4, 0.5) is 0 Å². The Morgan fingerprint density at radius 1 is 1.12 bits per heavy atom. The van der Waals surface area contributed by atoms with Gasteiger partial charge in [-0.2, -0.15) is 0 Å². The van der Waals surface area contributed by atoms with Gasteiger partial charge in [-0.1, -0.05) is 6.42 Å². The Balaban J connectivity index is 3.28. The van der Waals surface area contributed by atoms with Crippen molar-refractivity contribution in [3.63, 3.8) is 0 Å². The highest BCUT2D eigenvalue weighted by molar-refractivity contribution is 5.69. The molecule has 0 aromatic carbocycles. The van der Waals surface area contributed by atoms with Crippen LogP contribution in [0.1, 0.15) is 46.5 Å². The Bertz CT molecular complexity index is 184. The number of carbonyl (C=O) groups is 1. The average molecular weight is 232 g/mol. The largest absolute Gasteiger partial charge is 0.460 e. The van der Waals surface area contributed by atoms with Crippen molar-refractivity contribution in [2.24, 2.45) is 0 Å². The second-order valence-corrected chi connectivity index (χ2v) is 4.73. The maximum atomic E-state index is 11.3. The quantitative estimate of drug-likeness (QED) is 0.513. The summed E-state index contributed by atoms with van der Waals surface area (Å²) in [7, 11) is 0. The summed E-state index contributed by atoms with van der Waals surface area (Å²) in [5.41, 5.74) is -0.388.